The number of imidazole rings is 1. The molecule has 4 rings (SSSR count). The van der Waals surface area contributed by atoms with E-state index in [4.69, 9.17) is 4.74 Å². The molecule has 2 aromatic rings. The molecule has 1 saturated heterocycles. The van der Waals surface area contributed by atoms with Crippen LogP contribution in [0, 0.1) is 6.92 Å². The summed E-state index contributed by atoms with van der Waals surface area (Å²) in [4.78, 5) is 24.7. The standard InChI is InChI=1S/C21H30N4O2S/c1-4-24(5-2)19(26)18-15-25-13-10-22-20(25)21(27-18)8-11-23(12-9-21)14-17-7-6-16(3)28-17/h6-7,10,13,18H,4-5,8-9,11-12,14-15H2,1-3H3/t18-/m0/s1. The van der Waals surface area contributed by atoms with E-state index in [0.717, 1.165) is 38.3 Å². The Bertz CT molecular complexity index is 818. The van der Waals surface area contributed by atoms with Crippen LogP contribution in [0.2, 0.25) is 0 Å². The Morgan fingerprint density at radius 3 is 2.71 bits per heavy atom. The van der Waals surface area contributed by atoms with Gasteiger partial charge < -0.3 is 14.2 Å². The molecule has 0 aromatic carbocycles. The summed E-state index contributed by atoms with van der Waals surface area (Å²) < 4.78 is 8.68. The molecule has 2 aromatic heterocycles. The smallest absolute Gasteiger partial charge is 0.253 e. The highest BCUT2D eigenvalue weighted by Crippen LogP contribution is 2.40. The number of amides is 1. The van der Waals surface area contributed by atoms with Gasteiger partial charge in [-0.15, -0.1) is 11.3 Å². The third-order valence-corrected chi connectivity index (χ3v) is 7.03. The lowest BCUT2D eigenvalue weighted by Gasteiger charge is -2.46. The number of likely N-dealkylation sites (N-methyl/N-ethyl adjacent to an activating group) is 1. The van der Waals surface area contributed by atoms with Crippen LogP contribution in [-0.4, -0.2) is 57.5 Å². The van der Waals surface area contributed by atoms with E-state index in [2.05, 4.69) is 33.5 Å². The Labute approximate surface area is 171 Å². The van der Waals surface area contributed by atoms with Gasteiger partial charge in [0.2, 0.25) is 0 Å². The lowest BCUT2D eigenvalue weighted by molar-refractivity contribution is -0.181. The van der Waals surface area contributed by atoms with Crippen molar-refractivity contribution in [2.24, 2.45) is 0 Å². The zero-order chi connectivity index (χ0) is 19.7. The maximum absolute atomic E-state index is 13.0. The van der Waals surface area contributed by atoms with Gasteiger partial charge in [-0.2, -0.15) is 0 Å². The molecule has 0 bridgehead atoms. The molecule has 7 heteroatoms. The highest BCUT2D eigenvalue weighted by atomic mass is 32.1. The highest BCUT2D eigenvalue weighted by Gasteiger charge is 2.47. The number of nitrogens with zero attached hydrogens (tertiary/aromatic N) is 4. The molecule has 0 saturated carbocycles. The Balaban J connectivity index is 1.49. The van der Waals surface area contributed by atoms with E-state index >= 15 is 0 Å². The number of carbonyl (C=O) groups is 1. The molecule has 1 spiro atoms. The van der Waals surface area contributed by atoms with Gasteiger partial charge in [0, 0.05) is 54.9 Å². The minimum atomic E-state index is -0.447. The Morgan fingerprint density at radius 1 is 1.32 bits per heavy atom. The van der Waals surface area contributed by atoms with Crippen LogP contribution in [0.4, 0.5) is 0 Å². The maximum atomic E-state index is 13.0. The normalized spacial score (nSPS) is 21.6. The molecule has 152 valence electrons. The first kappa shape index (κ1) is 19.6. The zero-order valence-corrected chi connectivity index (χ0v) is 17.9. The van der Waals surface area contributed by atoms with E-state index in [1.54, 1.807) is 0 Å². The predicted molar refractivity (Wildman–Crippen MR) is 110 cm³/mol. The van der Waals surface area contributed by atoms with E-state index in [1.165, 1.54) is 9.75 Å². The summed E-state index contributed by atoms with van der Waals surface area (Å²) in [7, 11) is 0. The Kier molecular flexibility index (Phi) is 5.58. The third kappa shape index (κ3) is 3.63. The summed E-state index contributed by atoms with van der Waals surface area (Å²) in [5.41, 5.74) is -0.447. The molecular formula is C21H30N4O2S. The van der Waals surface area contributed by atoms with Crippen LogP contribution in [0.1, 0.15) is 42.3 Å². The third-order valence-electron chi connectivity index (χ3n) is 6.04. The number of hydrogen-bond donors (Lipinski definition) is 0. The van der Waals surface area contributed by atoms with Crippen molar-refractivity contribution in [1.29, 1.82) is 0 Å². The molecule has 0 aliphatic carbocycles. The minimum Gasteiger partial charge on any atom is -0.352 e. The van der Waals surface area contributed by atoms with Crippen molar-refractivity contribution < 1.29 is 9.53 Å². The van der Waals surface area contributed by atoms with Gasteiger partial charge in [-0.05, 0) is 45.7 Å². The highest BCUT2D eigenvalue weighted by molar-refractivity contribution is 7.11. The molecule has 0 radical (unpaired) electrons. The van der Waals surface area contributed by atoms with E-state index < -0.39 is 11.7 Å². The molecule has 1 fully saturated rings. The van der Waals surface area contributed by atoms with Gasteiger partial charge in [0.1, 0.15) is 11.4 Å². The molecule has 2 aliphatic rings. The van der Waals surface area contributed by atoms with Crippen LogP contribution in [0.15, 0.2) is 24.5 Å². The summed E-state index contributed by atoms with van der Waals surface area (Å²) in [5, 5.41) is 0. The first-order chi connectivity index (χ1) is 13.5. The van der Waals surface area contributed by atoms with E-state index in [9.17, 15) is 4.79 Å². The van der Waals surface area contributed by atoms with Crippen molar-refractivity contribution in [2.45, 2.75) is 58.4 Å². The first-order valence-corrected chi connectivity index (χ1v) is 11.1. The van der Waals surface area contributed by atoms with Crippen LogP contribution in [0.25, 0.3) is 0 Å². The average Bonchev–Trinajstić information content (AvgIpc) is 3.34. The number of piperidine rings is 1. The molecule has 6 nitrogen and oxygen atoms in total. The zero-order valence-electron chi connectivity index (χ0n) is 17.1. The number of aromatic nitrogens is 2. The fraction of sp³-hybridized carbons (Fsp3) is 0.619. The number of rotatable bonds is 5. The monoisotopic (exact) mass is 402 g/mol. The predicted octanol–water partition coefficient (Wildman–Crippen LogP) is 3.01. The largest absolute Gasteiger partial charge is 0.352 e. The molecule has 2 aliphatic heterocycles. The van der Waals surface area contributed by atoms with Crippen molar-refractivity contribution in [3.05, 3.63) is 40.1 Å². The van der Waals surface area contributed by atoms with Crippen molar-refractivity contribution in [2.75, 3.05) is 26.2 Å². The average molecular weight is 403 g/mol. The molecule has 1 amide bonds. The van der Waals surface area contributed by atoms with Gasteiger partial charge in [-0.1, -0.05) is 0 Å². The molecule has 1 atom stereocenters. The molecule has 0 unspecified atom stereocenters. The lowest BCUT2D eigenvalue weighted by Crippen LogP contribution is -2.54. The van der Waals surface area contributed by atoms with Gasteiger partial charge in [-0.3, -0.25) is 9.69 Å². The van der Waals surface area contributed by atoms with Gasteiger partial charge in [0.05, 0.1) is 6.54 Å². The van der Waals surface area contributed by atoms with Crippen molar-refractivity contribution >= 4 is 17.2 Å². The summed E-state index contributed by atoms with van der Waals surface area (Å²) in [6, 6.07) is 4.42. The molecule has 4 heterocycles. The number of thiophene rings is 1. The van der Waals surface area contributed by atoms with Crippen LogP contribution < -0.4 is 0 Å². The first-order valence-electron chi connectivity index (χ1n) is 10.3. The topological polar surface area (TPSA) is 50.6 Å². The second-order valence-electron chi connectivity index (χ2n) is 7.80. The van der Waals surface area contributed by atoms with Crippen molar-refractivity contribution in [1.82, 2.24) is 19.4 Å². The van der Waals surface area contributed by atoms with Gasteiger partial charge >= 0.3 is 0 Å². The fourth-order valence-electron chi connectivity index (χ4n) is 4.47. The van der Waals surface area contributed by atoms with Crippen molar-refractivity contribution in [3.63, 3.8) is 0 Å². The van der Waals surface area contributed by atoms with Crippen LogP contribution in [0.3, 0.4) is 0 Å². The summed E-state index contributed by atoms with van der Waals surface area (Å²) >= 11 is 1.87. The van der Waals surface area contributed by atoms with Crippen molar-refractivity contribution in [3.8, 4) is 0 Å². The lowest BCUT2D eigenvalue weighted by atomic mass is 9.88. The van der Waals surface area contributed by atoms with E-state index in [1.807, 2.05) is 42.5 Å². The summed E-state index contributed by atoms with van der Waals surface area (Å²) in [6.45, 7) is 11.1. The van der Waals surface area contributed by atoms with Gasteiger partial charge in [0.15, 0.2) is 6.10 Å². The van der Waals surface area contributed by atoms with E-state index in [0.29, 0.717) is 19.6 Å². The Hall–Kier alpha value is -1.70. The number of fused-ring (bicyclic) bond motifs is 2. The summed E-state index contributed by atoms with van der Waals surface area (Å²) in [6.07, 6.45) is 5.15. The maximum Gasteiger partial charge on any atom is 0.253 e. The van der Waals surface area contributed by atoms with E-state index in [-0.39, 0.29) is 5.91 Å². The van der Waals surface area contributed by atoms with Crippen LogP contribution >= 0.6 is 11.3 Å². The SMILES string of the molecule is CCN(CC)C(=O)[C@@H]1Cn2ccnc2C2(CCN(Cc3ccc(C)s3)CC2)O1. The Morgan fingerprint density at radius 2 is 2.07 bits per heavy atom. The second kappa shape index (κ2) is 7.97. The quantitative estimate of drug-likeness (QED) is 0.771. The fourth-order valence-corrected chi connectivity index (χ4v) is 5.40. The number of carbonyl (C=O) groups excluding carboxylic acids is 1. The van der Waals surface area contributed by atoms with Gasteiger partial charge in [-0.25, -0.2) is 4.98 Å². The van der Waals surface area contributed by atoms with Gasteiger partial charge in [0.25, 0.3) is 5.91 Å². The van der Waals surface area contributed by atoms with Crippen LogP contribution in [0.5, 0.6) is 0 Å². The summed E-state index contributed by atoms with van der Waals surface area (Å²) in [5.74, 6) is 1.09. The van der Waals surface area contributed by atoms with Crippen LogP contribution in [-0.2, 0) is 28.2 Å². The molecule has 28 heavy (non-hydrogen) atoms. The molecule has 0 N–H and O–H groups in total. The number of likely N-dealkylation sites (tertiary alicyclic amines) is 1. The molecular weight excluding hydrogens is 372 g/mol. The second-order valence-corrected chi connectivity index (χ2v) is 9.18. The minimum absolute atomic E-state index is 0.0974. The number of aryl methyl sites for hydroxylation is 1. The number of hydrogen-bond acceptors (Lipinski definition) is 5. The number of ether oxygens (including phenoxy) is 1.